The highest BCUT2D eigenvalue weighted by molar-refractivity contribution is 5.81. The van der Waals surface area contributed by atoms with Crippen molar-refractivity contribution in [1.82, 2.24) is 29.5 Å². The molecular formula is C19H23N7O2. The number of nitrogens with zero attached hydrogens (tertiary/aromatic N) is 6. The molecule has 9 nitrogen and oxygen atoms in total. The van der Waals surface area contributed by atoms with Gasteiger partial charge in [0, 0.05) is 12.6 Å². The van der Waals surface area contributed by atoms with Crippen LogP contribution in [0.5, 0.6) is 11.8 Å². The molecule has 2 aromatic heterocycles. The summed E-state index contributed by atoms with van der Waals surface area (Å²) in [5.74, 6) is 1.18. The van der Waals surface area contributed by atoms with Crippen LogP contribution in [0, 0.1) is 0 Å². The Labute approximate surface area is 162 Å². The smallest absolute Gasteiger partial charge is 0.320 e. The minimum Gasteiger partial charge on any atom is -0.467 e. The van der Waals surface area contributed by atoms with E-state index in [9.17, 15) is 0 Å². The molecule has 9 heteroatoms. The minimum absolute atomic E-state index is 0.237. The summed E-state index contributed by atoms with van der Waals surface area (Å²) in [5, 5.41) is 2.12. The van der Waals surface area contributed by atoms with Gasteiger partial charge in [0.25, 0.3) is 0 Å². The molecule has 0 aliphatic carbocycles. The molecule has 0 saturated carbocycles. The lowest BCUT2D eigenvalue weighted by atomic mass is 10.2. The predicted octanol–water partition coefficient (Wildman–Crippen LogP) is 1.15. The van der Waals surface area contributed by atoms with Crippen molar-refractivity contribution in [3.63, 3.8) is 0 Å². The van der Waals surface area contributed by atoms with Gasteiger partial charge in [0.1, 0.15) is 5.75 Å². The Kier molecular flexibility index (Phi) is 4.06. The third kappa shape index (κ3) is 2.92. The van der Waals surface area contributed by atoms with E-state index in [1.807, 2.05) is 16.7 Å². The van der Waals surface area contributed by atoms with Gasteiger partial charge >= 0.3 is 6.01 Å². The number of hydroxylamine groups is 2. The number of nitrogen functional groups attached to an aromatic ring is 1. The van der Waals surface area contributed by atoms with Gasteiger partial charge in [-0.2, -0.15) is 9.97 Å². The number of benzene rings is 1. The number of anilines is 1. The second-order valence-corrected chi connectivity index (χ2v) is 7.46. The quantitative estimate of drug-likeness (QED) is 0.703. The molecule has 2 bridgehead atoms. The van der Waals surface area contributed by atoms with Crippen molar-refractivity contribution in [1.29, 1.82) is 0 Å². The van der Waals surface area contributed by atoms with E-state index in [1.54, 1.807) is 6.33 Å². The molecule has 2 atom stereocenters. The molecular weight excluding hydrogens is 358 g/mol. The summed E-state index contributed by atoms with van der Waals surface area (Å²) in [6.45, 7) is 2.66. The summed E-state index contributed by atoms with van der Waals surface area (Å²) in [7, 11) is 3.70. The summed E-state index contributed by atoms with van der Waals surface area (Å²) in [6, 6.07) is 9.48. The third-order valence-electron chi connectivity index (χ3n) is 5.62. The Morgan fingerprint density at radius 3 is 2.64 bits per heavy atom. The summed E-state index contributed by atoms with van der Waals surface area (Å²) in [5.41, 5.74) is 8.29. The van der Waals surface area contributed by atoms with Crippen LogP contribution in [-0.2, 0) is 6.54 Å². The fraction of sp³-hybridized carbons (Fsp3) is 0.421. The van der Waals surface area contributed by atoms with Crippen molar-refractivity contribution in [3.05, 3.63) is 36.2 Å². The van der Waals surface area contributed by atoms with Crippen LogP contribution in [0.25, 0.3) is 11.2 Å². The molecule has 4 heterocycles. The van der Waals surface area contributed by atoms with Crippen molar-refractivity contribution in [2.75, 3.05) is 33.0 Å². The Morgan fingerprint density at radius 2 is 1.96 bits per heavy atom. The van der Waals surface area contributed by atoms with Crippen LogP contribution in [0.2, 0.25) is 0 Å². The number of methoxy groups -OCH3 is 1. The molecule has 0 spiro atoms. The first kappa shape index (κ1) is 17.2. The molecule has 0 amide bonds. The average Bonchev–Trinajstić information content (AvgIpc) is 3.38. The monoisotopic (exact) mass is 381 g/mol. The van der Waals surface area contributed by atoms with Gasteiger partial charge in [-0.05, 0) is 31.2 Å². The number of imidazole rings is 1. The molecule has 2 fully saturated rings. The second-order valence-electron chi connectivity index (χ2n) is 7.46. The van der Waals surface area contributed by atoms with Crippen molar-refractivity contribution in [3.8, 4) is 11.8 Å². The number of aromatic nitrogens is 4. The Morgan fingerprint density at radius 1 is 1.14 bits per heavy atom. The Bertz CT molecular complexity index is 1000. The molecule has 146 valence electrons. The molecule has 2 aliphatic heterocycles. The SMILES string of the molecule is COc1nc(N)c2ncn(Cc3ccc(ON4C[C@@H]5C[C@H]4CN5C)cc3)c2n1. The van der Waals surface area contributed by atoms with E-state index in [4.69, 9.17) is 15.3 Å². The lowest BCUT2D eigenvalue weighted by molar-refractivity contribution is -0.0929. The van der Waals surface area contributed by atoms with Gasteiger partial charge in [-0.1, -0.05) is 12.1 Å². The van der Waals surface area contributed by atoms with Crippen molar-refractivity contribution >= 4 is 17.0 Å². The molecule has 0 radical (unpaired) electrons. The summed E-state index contributed by atoms with van der Waals surface area (Å²) < 4.78 is 7.05. The van der Waals surface area contributed by atoms with Crippen LogP contribution in [0.1, 0.15) is 12.0 Å². The molecule has 3 aromatic rings. The highest BCUT2D eigenvalue weighted by Gasteiger charge is 2.42. The number of likely N-dealkylation sites (tertiary alicyclic amines) is 1. The third-order valence-corrected chi connectivity index (χ3v) is 5.62. The van der Waals surface area contributed by atoms with Gasteiger partial charge in [0.2, 0.25) is 0 Å². The number of piperazine rings is 1. The molecule has 0 unspecified atom stereocenters. The van der Waals surface area contributed by atoms with E-state index >= 15 is 0 Å². The summed E-state index contributed by atoms with van der Waals surface area (Å²) >= 11 is 0. The topological polar surface area (TPSA) is 94.6 Å². The van der Waals surface area contributed by atoms with Gasteiger partial charge in [0.15, 0.2) is 17.0 Å². The fourth-order valence-corrected chi connectivity index (χ4v) is 4.08. The number of hydrogen-bond donors (Lipinski definition) is 1. The van der Waals surface area contributed by atoms with Gasteiger partial charge < -0.3 is 24.8 Å². The largest absolute Gasteiger partial charge is 0.467 e. The zero-order chi connectivity index (χ0) is 19.3. The van der Waals surface area contributed by atoms with Crippen LogP contribution < -0.4 is 15.3 Å². The van der Waals surface area contributed by atoms with E-state index in [0.717, 1.165) is 24.4 Å². The van der Waals surface area contributed by atoms with E-state index in [-0.39, 0.29) is 6.01 Å². The maximum Gasteiger partial charge on any atom is 0.320 e. The normalized spacial score (nSPS) is 22.2. The lowest BCUT2D eigenvalue weighted by Crippen LogP contribution is -2.45. The number of ether oxygens (including phenoxy) is 1. The highest BCUT2D eigenvalue weighted by Crippen LogP contribution is 2.30. The van der Waals surface area contributed by atoms with Crippen LogP contribution in [0.15, 0.2) is 30.6 Å². The van der Waals surface area contributed by atoms with E-state index < -0.39 is 0 Å². The minimum atomic E-state index is 0.237. The van der Waals surface area contributed by atoms with Crippen LogP contribution >= 0.6 is 0 Å². The van der Waals surface area contributed by atoms with Crippen LogP contribution in [0.3, 0.4) is 0 Å². The lowest BCUT2D eigenvalue weighted by Gasteiger charge is -2.31. The fourth-order valence-electron chi connectivity index (χ4n) is 4.08. The standard InChI is InChI=1S/C19H23N7O2/c1-24-9-14-7-13(24)10-26(14)28-15-5-3-12(4-6-15)8-25-11-21-16-17(20)22-19(27-2)23-18(16)25/h3-6,11,13-14H,7-10H2,1-2H3,(H2,20,22,23)/t13-,14-/m0/s1. The van der Waals surface area contributed by atoms with Gasteiger partial charge in [0.05, 0.1) is 32.6 Å². The Balaban J connectivity index is 1.30. The van der Waals surface area contributed by atoms with Crippen molar-refractivity contribution in [2.24, 2.45) is 0 Å². The second kappa shape index (κ2) is 6.61. The Hall–Kier alpha value is -2.91. The first-order valence-corrected chi connectivity index (χ1v) is 9.37. The van der Waals surface area contributed by atoms with Crippen molar-refractivity contribution < 1.29 is 9.57 Å². The summed E-state index contributed by atoms with van der Waals surface area (Å²) in [4.78, 5) is 21.3. The van der Waals surface area contributed by atoms with Gasteiger partial charge in [-0.3, -0.25) is 0 Å². The first-order valence-electron chi connectivity index (χ1n) is 9.37. The molecule has 5 rings (SSSR count). The van der Waals surface area contributed by atoms with E-state index in [1.165, 1.54) is 13.5 Å². The first-order chi connectivity index (χ1) is 13.6. The maximum atomic E-state index is 6.10. The van der Waals surface area contributed by atoms with Crippen molar-refractivity contribution in [2.45, 2.75) is 25.0 Å². The molecule has 1 aromatic carbocycles. The summed E-state index contributed by atoms with van der Waals surface area (Å²) in [6.07, 6.45) is 2.91. The number of fused-ring (bicyclic) bond motifs is 3. The molecule has 2 N–H and O–H groups in total. The zero-order valence-electron chi connectivity index (χ0n) is 15.9. The number of hydrogen-bond acceptors (Lipinski definition) is 8. The number of nitrogens with two attached hydrogens (primary N) is 1. The zero-order valence-corrected chi connectivity index (χ0v) is 15.9. The van der Waals surface area contributed by atoms with Gasteiger partial charge in [-0.25, -0.2) is 4.98 Å². The van der Waals surface area contributed by atoms with E-state index in [2.05, 4.69) is 44.1 Å². The van der Waals surface area contributed by atoms with Gasteiger partial charge in [-0.15, -0.1) is 5.06 Å². The van der Waals surface area contributed by atoms with Crippen LogP contribution in [-0.4, -0.2) is 68.8 Å². The highest BCUT2D eigenvalue weighted by atomic mass is 16.7. The van der Waals surface area contributed by atoms with E-state index in [0.29, 0.717) is 35.6 Å². The van der Waals surface area contributed by atoms with Crippen LogP contribution in [0.4, 0.5) is 5.82 Å². The number of likely N-dealkylation sites (N-methyl/N-ethyl adjacent to an activating group) is 1. The molecule has 28 heavy (non-hydrogen) atoms. The predicted molar refractivity (Wildman–Crippen MR) is 104 cm³/mol. The molecule has 2 saturated heterocycles. The maximum absolute atomic E-state index is 6.10. The average molecular weight is 381 g/mol. The number of rotatable bonds is 5. The molecule has 2 aliphatic rings.